The first kappa shape index (κ1) is 51.7. The molecule has 0 bridgehead atoms. The summed E-state index contributed by atoms with van der Waals surface area (Å²) in [6.45, 7) is 20.9. The molecule has 338 valence electrons. The lowest BCUT2D eigenvalue weighted by Crippen LogP contribution is -2.34. The summed E-state index contributed by atoms with van der Waals surface area (Å²) in [6.07, 6.45) is 3.67. The van der Waals surface area contributed by atoms with E-state index in [0.29, 0.717) is 40.4 Å². The van der Waals surface area contributed by atoms with Crippen molar-refractivity contribution in [1.82, 2.24) is 9.13 Å². The van der Waals surface area contributed by atoms with Gasteiger partial charge in [-0.05, 0) is 77.3 Å². The fourth-order valence-corrected chi connectivity index (χ4v) is 7.08. The Bertz CT molecular complexity index is 2070. The molecule has 2 aromatic heterocycles. The number of benzene rings is 2. The number of ether oxygens (including phenoxy) is 4. The monoisotopic (exact) mass is 854 g/mol. The van der Waals surface area contributed by atoms with Crippen LogP contribution in [0.2, 0.25) is 0 Å². The van der Waals surface area contributed by atoms with Gasteiger partial charge in [0, 0.05) is 35.1 Å². The number of nitrogens with two attached hydrogens (primary N) is 2. The van der Waals surface area contributed by atoms with Crippen LogP contribution < -0.4 is 25.7 Å². The van der Waals surface area contributed by atoms with E-state index in [1.165, 1.54) is 7.05 Å². The van der Waals surface area contributed by atoms with Gasteiger partial charge in [0.25, 0.3) is 0 Å². The first-order valence-electron chi connectivity index (χ1n) is 21.2. The van der Waals surface area contributed by atoms with Crippen LogP contribution >= 0.6 is 0 Å². The van der Waals surface area contributed by atoms with Gasteiger partial charge in [-0.25, -0.2) is 14.4 Å². The lowest BCUT2D eigenvalue weighted by atomic mass is 10.0. The minimum Gasteiger partial charge on any atom is -0.478 e. The number of aldehydes is 1. The SMILES string of the molecule is CCCCCn1c(C)c(C(=O)C=O)c2c(OC(C(=O)OF)C(C)C)cccc21.CCOC(=O)C(Oc1cccc2c1c(OC(N)=O)c(C)n2CCCC(C)CC)C(C)C.CN. The second kappa shape index (κ2) is 25.4. The number of carbonyl (C=O) groups excluding carboxylic acids is 5. The van der Waals surface area contributed by atoms with E-state index in [4.69, 9.17) is 24.7 Å². The fraction of sp³-hybridized carbons (Fsp3) is 0.543. The molecule has 0 saturated carbocycles. The standard InChI is InChI=1S/C24H36N2O5.C21H26FNO5.CH5N/c1-7-16(5)11-10-14-26-17(6)22(31-24(25)28)20-18(26)12-9-13-19(20)30-21(15(3)4)23(27)29-8-2;1-5-6-7-11-23-14(4)18(16(25)12-24)19-15(23)9-8-10-17(19)27-20(13(2)3)21(26)28-22;1-2/h9,12-13,15-16,21H,7-8,10-11,14H2,1-6H3,(H2,25,28);8-10,12-13,20H,5-7,11H2,1-4H3;2H2,1H3. The van der Waals surface area contributed by atoms with Crippen LogP contribution in [0.5, 0.6) is 17.2 Å². The van der Waals surface area contributed by atoms with E-state index in [9.17, 15) is 28.5 Å². The lowest BCUT2D eigenvalue weighted by Gasteiger charge is -2.21. The Hall–Kier alpha value is -5.44. The van der Waals surface area contributed by atoms with Crippen molar-refractivity contribution in [3.8, 4) is 17.2 Å². The van der Waals surface area contributed by atoms with Gasteiger partial charge in [0.05, 0.1) is 39.7 Å². The number of nitrogens with zero attached hydrogens (tertiary/aromatic N) is 2. The highest BCUT2D eigenvalue weighted by atomic mass is 19.3. The Morgan fingerprint density at radius 3 is 1.77 bits per heavy atom. The number of amides is 1. The molecular weight excluding hydrogens is 788 g/mol. The lowest BCUT2D eigenvalue weighted by molar-refractivity contribution is -0.194. The number of Topliss-reactive ketones (excluding diaryl/α,β-unsaturated/α-hetero) is 1. The molecule has 4 rings (SSSR count). The summed E-state index contributed by atoms with van der Waals surface area (Å²) in [7, 11) is 1.50. The van der Waals surface area contributed by atoms with Gasteiger partial charge in [-0.2, -0.15) is 0 Å². The Morgan fingerprint density at radius 1 is 0.754 bits per heavy atom. The van der Waals surface area contributed by atoms with Gasteiger partial charge in [-0.15, -0.1) is 0 Å². The van der Waals surface area contributed by atoms with Crippen molar-refractivity contribution < 1.29 is 52.4 Å². The molecule has 1 amide bonds. The number of rotatable bonds is 21. The minimum atomic E-state index is -1.18. The Morgan fingerprint density at radius 2 is 1.28 bits per heavy atom. The van der Waals surface area contributed by atoms with E-state index < -0.39 is 36.0 Å². The average molecular weight is 855 g/mol. The molecule has 0 aliphatic heterocycles. The van der Waals surface area contributed by atoms with Crippen LogP contribution in [0.25, 0.3) is 21.8 Å². The quantitative estimate of drug-likeness (QED) is 0.0267. The van der Waals surface area contributed by atoms with E-state index in [2.05, 4.69) is 36.0 Å². The highest BCUT2D eigenvalue weighted by Crippen LogP contribution is 2.41. The first-order chi connectivity index (χ1) is 29.1. The first-order valence-corrected chi connectivity index (χ1v) is 21.2. The topological polar surface area (TPSA) is 193 Å². The fourth-order valence-electron chi connectivity index (χ4n) is 7.08. The van der Waals surface area contributed by atoms with Crippen molar-refractivity contribution in [2.24, 2.45) is 29.2 Å². The van der Waals surface area contributed by atoms with Crippen LogP contribution in [-0.4, -0.2) is 65.1 Å². The van der Waals surface area contributed by atoms with Gasteiger partial charge in [0.2, 0.25) is 11.9 Å². The second-order valence-corrected chi connectivity index (χ2v) is 15.5. The molecule has 0 aliphatic rings. The molecule has 15 heteroatoms. The summed E-state index contributed by atoms with van der Waals surface area (Å²) >= 11 is 0. The van der Waals surface area contributed by atoms with Gasteiger partial charge >= 0.3 is 18.0 Å². The zero-order valence-corrected chi connectivity index (χ0v) is 37.8. The smallest absolute Gasteiger partial charge is 0.410 e. The third-order valence-corrected chi connectivity index (χ3v) is 10.4. The highest BCUT2D eigenvalue weighted by Gasteiger charge is 2.31. The number of hydrogen-bond acceptors (Lipinski definition) is 11. The number of unbranched alkanes of at least 4 members (excludes halogenated alkanes) is 2. The molecule has 0 fully saturated rings. The predicted octanol–water partition coefficient (Wildman–Crippen LogP) is 9.13. The number of aryl methyl sites for hydroxylation is 2. The number of primary amides is 1. The van der Waals surface area contributed by atoms with Crippen molar-refractivity contribution in [3.05, 3.63) is 53.3 Å². The molecule has 0 aliphatic carbocycles. The molecule has 0 radical (unpaired) electrons. The molecule has 2 aromatic carbocycles. The molecule has 4 N–H and O–H groups in total. The number of hydrogen-bond donors (Lipinski definition) is 2. The Balaban J connectivity index is 0.000000406. The van der Waals surface area contributed by atoms with E-state index >= 15 is 0 Å². The number of aromatic nitrogens is 2. The Labute approximate surface area is 359 Å². The van der Waals surface area contributed by atoms with Crippen LogP contribution in [0.3, 0.4) is 0 Å². The van der Waals surface area contributed by atoms with Crippen molar-refractivity contribution in [2.75, 3.05) is 13.7 Å². The van der Waals surface area contributed by atoms with Crippen LogP contribution in [0.15, 0.2) is 36.4 Å². The average Bonchev–Trinajstić information content (AvgIpc) is 3.67. The molecule has 3 atom stereocenters. The highest BCUT2D eigenvalue weighted by molar-refractivity contribution is 6.37. The number of carbonyl (C=O) groups is 5. The summed E-state index contributed by atoms with van der Waals surface area (Å²) < 4.78 is 39.1. The van der Waals surface area contributed by atoms with Crippen molar-refractivity contribution in [1.29, 1.82) is 0 Å². The van der Waals surface area contributed by atoms with E-state index in [0.717, 1.165) is 61.8 Å². The van der Waals surface area contributed by atoms with Crippen LogP contribution in [-0.2, 0) is 37.2 Å². The maximum Gasteiger partial charge on any atom is 0.410 e. The summed E-state index contributed by atoms with van der Waals surface area (Å²) in [6, 6.07) is 10.8. The number of esters is 1. The number of ketones is 1. The number of fused-ring (bicyclic) bond motifs is 2. The summed E-state index contributed by atoms with van der Waals surface area (Å²) in [5.74, 6) is -0.974. The van der Waals surface area contributed by atoms with Crippen molar-refractivity contribution in [3.63, 3.8) is 0 Å². The molecule has 0 saturated heterocycles. The van der Waals surface area contributed by atoms with E-state index in [-0.39, 0.29) is 36.0 Å². The Kier molecular flexibility index (Phi) is 21.5. The molecule has 4 aromatic rings. The van der Waals surface area contributed by atoms with Gasteiger partial charge in [-0.1, -0.05) is 79.9 Å². The molecule has 3 unspecified atom stereocenters. The van der Waals surface area contributed by atoms with Gasteiger partial charge < -0.3 is 39.5 Å². The third-order valence-electron chi connectivity index (χ3n) is 10.4. The van der Waals surface area contributed by atoms with E-state index in [1.54, 1.807) is 45.9 Å². The molecule has 61 heavy (non-hydrogen) atoms. The third kappa shape index (κ3) is 13.3. The predicted molar refractivity (Wildman–Crippen MR) is 235 cm³/mol. The van der Waals surface area contributed by atoms with Gasteiger partial charge in [0.1, 0.15) is 11.5 Å². The summed E-state index contributed by atoms with van der Waals surface area (Å²) in [5.41, 5.74) is 13.2. The largest absolute Gasteiger partial charge is 0.478 e. The van der Waals surface area contributed by atoms with E-state index in [1.807, 2.05) is 43.5 Å². The zero-order valence-electron chi connectivity index (χ0n) is 37.8. The minimum absolute atomic E-state index is 0.103. The van der Waals surface area contributed by atoms with Crippen LogP contribution in [0, 0.1) is 31.6 Å². The zero-order chi connectivity index (χ0) is 46.0. The molecular formula is C46H67FN4O10. The molecule has 2 heterocycles. The number of halogens is 1. The molecule has 14 nitrogen and oxygen atoms in total. The van der Waals surface area contributed by atoms with Gasteiger partial charge in [-0.3, -0.25) is 14.5 Å². The normalized spacial score (nSPS) is 12.4. The van der Waals surface area contributed by atoms with Crippen molar-refractivity contribution in [2.45, 2.75) is 133 Å². The molecule has 0 spiro atoms. The van der Waals surface area contributed by atoms with Gasteiger partial charge in [0.15, 0.2) is 18.1 Å². The maximum atomic E-state index is 12.5. The summed E-state index contributed by atoms with van der Waals surface area (Å²) in [5, 5.41) is 1.09. The summed E-state index contributed by atoms with van der Waals surface area (Å²) in [4.78, 5) is 62.8. The van der Waals surface area contributed by atoms with Crippen molar-refractivity contribution >= 4 is 51.9 Å². The second-order valence-electron chi connectivity index (χ2n) is 15.5. The maximum absolute atomic E-state index is 12.5. The van der Waals surface area contributed by atoms with Crippen LogP contribution in [0.4, 0.5) is 9.32 Å². The van der Waals surface area contributed by atoms with Crippen LogP contribution in [0.1, 0.15) is 116 Å².